The third-order valence-electron chi connectivity index (χ3n) is 1.58. The summed E-state index contributed by atoms with van der Waals surface area (Å²) in [6.45, 7) is 1.24. The summed E-state index contributed by atoms with van der Waals surface area (Å²) in [6, 6.07) is 0. The number of carbonyl (C=O) groups excluding carboxylic acids is 2. The van der Waals surface area contributed by atoms with E-state index >= 15 is 0 Å². The fraction of sp³-hybridized carbons (Fsp3) is 0.667. The average molecular weight is 206 g/mol. The lowest BCUT2D eigenvalue weighted by Gasteiger charge is -2.30. The fourth-order valence-corrected chi connectivity index (χ4v) is 1.96. The number of hydrogen-bond acceptors (Lipinski definition) is 4. The quantitative estimate of drug-likeness (QED) is 0.478. The zero-order valence-corrected chi connectivity index (χ0v) is 8.57. The predicted molar refractivity (Wildman–Crippen MR) is 50.5 cm³/mol. The molecule has 68 valence electrons. The van der Waals surface area contributed by atoms with Gasteiger partial charge in [0.25, 0.3) is 0 Å². The molecule has 0 unspecified atom stereocenters. The van der Waals surface area contributed by atoms with Gasteiger partial charge in [-0.2, -0.15) is 0 Å². The first-order chi connectivity index (χ1) is 5.70. The standard InChI is InChI=1S/C6H10N2O2S2/c1-11-7-3-4-8(12-2)6(10)5(7)9/h3-4H2,1-2H3. The molecule has 0 atom stereocenters. The molecule has 0 saturated carbocycles. The Bertz CT molecular complexity index is 188. The maximum absolute atomic E-state index is 11.2. The van der Waals surface area contributed by atoms with Crippen molar-refractivity contribution >= 4 is 35.7 Å². The van der Waals surface area contributed by atoms with Gasteiger partial charge >= 0.3 is 11.8 Å². The van der Waals surface area contributed by atoms with Crippen LogP contribution < -0.4 is 0 Å². The molecule has 1 aliphatic heterocycles. The Hall–Kier alpha value is -0.360. The molecule has 1 rings (SSSR count). The van der Waals surface area contributed by atoms with Crippen LogP contribution in [0.3, 0.4) is 0 Å². The zero-order chi connectivity index (χ0) is 9.14. The summed E-state index contributed by atoms with van der Waals surface area (Å²) in [5.74, 6) is -0.828. The van der Waals surface area contributed by atoms with E-state index in [0.29, 0.717) is 13.1 Å². The van der Waals surface area contributed by atoms with Crippen molar-refractivity contribution in [3.63, 3.8) is 0 Å². The van der Waals surface area contributed by atoms with E-state index in [1.54, 1.807) is 12.5 Å². The van der Waals surface area contributed by atoms with Gasteiger partial charge in [-0.05, 0) is 0 Å². The monoisotopic (exact) mass is 206 g/mol. The summed E-state index contributed by atoms with van der Waals surface area (Å²) in [7, 11) is 0. The Morgan fingerprint density at radius 1 is 1.00 bits per heavy atom. The lowest BCUT2D eigenvalue weighted by Crippen LogP contribution is -2.48. The maximum atomic E-state index is 11.2. The second-order valence-electron chi connectivity index (χ2n) is 2.18. The average Bonchev–Trinajstić information content (AvgIpc) is 2.10. The van der Waals surface area contributed by atoms with Crippen LogP contribution in [0.15, 0.2) is 0 Å². The van der Waals surface area contributed by atoms with Crippen molar-refractivity contribution in [1.82, 2.24) is 8.61 Å². The number of hydrogen-bond donors (Lipinski definition) is 0. The number of piperazine rings is 1. The van der Waals surface area contributed by atoms with Crippen LogP contribution in [0, 0.1) is 0 Å². The summed E-state index contributed by atoms with van der Waals surface area (Å²) in [4.78, 5) is 22.5. The number of amides is 2. The van der Waals surface area contributed by atoms with Gasteiger partial charge in [0.2, 0.25) is 0 Å². The second-order valence-corrected chi connectivity index (χ2v) is 3.79. The molecule has 1 aliphatic rings. The summed E-state index contributed by atoms with van der Waals surface area (Å²) in [5, 5.41) is 0. The molecule has 0 N–H and O–H groups in total. The summed E-state index contributed by atoms with van der Waals surface area (Å²) in [6.07, 6.45) is 3.58. The number of rotatable bonds is 2. The largest absolute Gasteiger partial charge is 0.322 e. The van der Waals surface area contributed by atoms with Crippen molar-refractivity contribution in [2.75, 3.05) is 25.6 Å². The Morgan fingerprint density at radius 3 is 1.58 bits per heavy atom. The Morgan fingerprint density at radius 2 is 1.33 bits per heavy atom. The summed E-state index contributed by atoms with van der Waals surface area (Å²) >= 11 is 2.59. The van der Waals surface area contributed by atoms with Crippen LogP contribution in [0.4, 0.5) is 0 Å². The minimum absolute atomic E-state index is 0.414. The van der Waals surface area contributed by atoms with Gasteiger partial charge in [-0.3, -0.25) is 18.2 Å². The molecule has 1 fully saturated rings. The Kier molecular flexibility index (Phi) is 3.28. The van der Waals surface area contributed by atoms with Crippen LogP contribution in [0.25, 0.3) is 0 Å². The topological polar surface area (TPSA) is 40.6 Å². The van der Waals surface area contributed by atoms with Crippen molar-refractivity contribution in [2.24, 2.45) is 0 Å². The molecule has 0 aromatic heterocycles. The molecule has 0 bridgehead atoms. The van der Waals surface area contributed by atoms with Crippen LogP contribution >= 0.6 is 23.9 Å². The highest BCUT2D eigenvalue weighted by Crippen LogP contribution is 2.16. The minimum Gasteiger partial charge on any atom is -0.276 e. The fourth-order valence-electron chi connectivity index (χ4n) is 0.946. The molecular formula is C6H10N2O2S2. The molecule has 12 heavy (non-hydrogen) atoms. The van der Waals surface area contributed by atoms with Gasteiger partial charge in [-0.15, -0.1) is 0 Å². The normalized spacial score (nSPS) is 18.8. The summed E-state index contributed by atoms with van der Waals surface area (Å²) in [5.41, 5.74) is 0. The van der Waals surface area contributed by atoms with Gasteiger partial charge < -0.3 is 0 Å². The highest BCUT2D eigenvalue weighted by molar-refractivity contribution is 7.97. The SMILES string of the molecule is CSN1CCN(SC)C(=O)C1=O. The van der Waals surface area contributed by atoms with Gasteiger partial charge in [-0.25, -0.2) is 0 Å². The molecule has 1 heterocycles. The Balaban J connectivity index is 2.65. The van der Waals surface area contributed by atoms with E-state index < -0.39 is 11.8 Å². The van der Waals surface area contributed by atoms with E-state index in [9.17, 15) is 9.59 Å². The Labute approximate surface area is 79.9 Å². The predicted octanol–water partition coefficient (Wildman–Crippen LogP) is 0.213. The van der Waals surface area contributed by atoms with Gasteiger partial charge in [0, 0.05) is 12.5 Å². The molecule has 0 radical (unpaired) electrons. The van der Waals surface area contributed by atoms with E-state index in [1.807, 2.05) is 0 Å². The first kappa shape index (κ1) is 9.73. The van der Waals surface area contributed by atoms with Crippen LogP contribution in [-0.4, -0.2) is 46.0 Å². The van der Waals surface area contributed by atoms with Crippen LogP contribution in [0.2, 0.25) is 0 Å². The second kappa shape index (κ2) is 4.04. The zero-order valence-electron chi connectivity index (χ0n) is 6.94. The van der Waals surface area contributed by atoms with Crippen LogP contribution in [-0.2, 0) is 9.59 Å². The molecular weight excluding hydrogens is 196 g/mol. The molecule has 0 aromatic carbocycles. The van der Waals surface area contributed by atoms with Crippen molar-refractivity contribution in [3.8, 4) is 0 Å². The van der Waals surface area contributed by atoms with Gasteiger partial charge in [-0.1, -0.05) is 23.9 Å². The van der Waals surface area contributed by atoms with E-state index in [-0.39, 0.29) is 0 Å². The van der Waals surface area contributed by atoms with E-state index in [4.69, 9.17) is 0 Å². The molecule has 2 amide bonds. The molecule has 1 saturated heterocycles. The van der Waals surface area contributed by atoms with E-state index in [2.05, 4.69) is 0 Å². The van der Waals surface area contributed by atoms with Gasteiger partial charge in [0.05, 0.1) is 13.1 Å². The van der Waals surface area contributed by atoms with Crippen molar-refractivity contribution in [1.29, 1.82) is 0 Å². The van der Waals surface area contributed by atoms with Gasteiger partial charge in [0.15, 0.2) is 0 Å². The number of carbonyl (C=O) groups is 2. The van der Waals surface area contributed by atoms with Crippen molar-refractivity contribution in [2.45, 2.75) is 0 Å². The first-order valence-electron chi connectivity index (χ1n) is 3.42. The van der Waals surface area contributed by atoms with Gasteiger partial charge in [0.1, 0.15) is 0 Å². The molecule has 0 aliphatic carbocycles. The molecule has 0 spiro atoms. The van der Waals surface area contributed by atoms with Crippen molar-refractivity contribution < 1.29 is 9.59 Å². The third kappa shape index (κ3) is 1.69. The third-order valence-corrected chi connectivity index (χ3v) is 3.16. The van der Waals surface area contributed by atoms with Crippen LogP contribution in [0.5, 0.6) is 0 Å². The highest BCUT2D eigenvalue weighted by atomic mass is 32.2. The molecule has 0 aromatic rings. The van der Waals surface area contributed by atoms with Crippen molar-refractivity contribution in [3.05, 3.63) is 0 Å². The molecule has 4 nitrogen and oxygen atoms in total. The first-order valence-corrected chi connectivity index (χ1v) is 5.78. The van der Waals surface area contributed by atoms with E-state index in [0.717, 1.165) is 0 Å². The smallest absolute Gasteiger partial charge is 0.276 e. The minimum atomic E-state index is -0.414. The number of nitrogens with zero attached hydrogens (tertiary/aromatic N) is 2. The lowest BCUT2D eigenvalue weighted by molar-refractivity contribution is -0.148. The highest BCUT2D eigenvalue weighted by Gasteiger charge is 2.31. The molecule has 6 heteroatoms. The van der Waals surface area contributed by atoms with E-state index in [1.165, 1.54) is 32.5 Å². The summed E-state index contributed by atoms with van der Waals surface area (Å²) < 4.78 is 2.96. The maximum Gasteiger partial charge on any atom is 0.322 e. The van der Waals surface area contributed by atoms with Crippen LogP contribution in [0.1, 0.15) is 0 Å². The lowest BCUT2D eigenvalue weighted by atomic mass is 10.4.